The van der Waals surface area contributed by atoms with Crippen LogP contribution < -0.4 is 5.32 Å². The van der Waals surface area contributed by atoms with Crippen LogP contribution >= 0.6 is 15.9 Å². The molecule has 0 spiro atoms. The number of benzene rings is 1. The Kier molecular flexibility index (Phi) is 2.29. The van der Waals surface area contributed by atoms with Gasteiger partial charge >= 0.3 is 0 Å². The van der Waals surface area contributed by atoms with Crippen molar-refractivity contribution in [1.82, 2.24) is 5.32 Å². The molecule has 1 fully saturated rings. The minimum atomic E-state index is 0.506. The molecule has 1 aromatic carbocycles. The Hall–Kier alpha value is -1.26. The second-order valence-corrected chi connectivity index (χ2v) is 5.54. The van der Waals surface area contributed by atoms with E-state index in [9.17, 15) is 0 Å². The van der Waals surface area contributed by atoms with Crippen molar-refractivity contribution in [3.8, 4) is 0 Å². The molecule has 0 radical (unpaired) electrons. The maximum absolute atomic E-state index is 5.72. The van der Waals surface area contributed by atoms with Gasteiger partial charge in [-0.1, -0.05) is 0 Å². The molecule has 1 aliphatic heterocycles. The molecule has 0 saturated carbocycles. The topological polar surface area (TPSA) is 38.3 Å². The number of rotatable bonds is 1. The third kappa shape index (κ3) is 1.33. The largest absolute Gasteiger partial charge is 0.464 e. The SMILES string of the molecule is Brc1c2ccoc2c(C2CCNC2)c2ccoc12. The minimum absolute atomic E-state index is 0.506. The van der Waals surface area contributed by atoms with E-state index in [4.69, 9.17) is 8.83 Å². The average Bonchev–Trinajstić information content (AvgIpc) is 3.11. The summed E-state index contributed by atoms with van der Waals surface area (Å²) in [6.07, 6.45) is 4.65. The van der Waals surface area contributed by atoms with Crippen LogP contribution in [0, 0.1) is 0 Å². The van der Waals surface area contributed by atoms with Crippen molar-refractivity contribution in [3.05, 3.63) is 34.7 Å². The van der Waals surface area contributed by atoms with Crippen molar-refractivity contribution in [2.45, 2.75) is 12.3 Å². The van der Waals surface area contributed by atoms with Crippen molar-refractivity contribution >= 4 is 37.9 Å². The number of hydrogen-bond donors (Lipinski definition) is 1. The predicted octanol–water partition coefficient (Wildman–Crippen LogP) is 4.02. The van der Waals surface area contributed by atoms with Crippen LogP contribution in [0.15, 0.2) is 38.0 Å². The van der Waals surface area contributed by atoms with Crippen LogP contribution in [0.3, 0.4) is 0 Å². The van der Waals surface area contributed by atoms with Gasteiger partial charge in [-0.15, -0.1) is 0 Å². The number of fused-ring (bicyclic) bond motifs is 2. The standard InChI is InChI=1S/C14H12BrNO2/c15-12-10-3-6-17-13(10)11(8-1-4-16-7-8)9-2-5-18-14(9)12/h2-3,5-6,8,16H,1,4,7H2. The molecule has 2 aromatic heterocycles. The summed E-state index contributed by atoms with van der Waals surface area (Å²) in [5, 5.41) is 5.68. The maximum atomic E-state index is 5.72. The Labute approximate surface area is 112 Å². The molecule has 3 aromatic rings. The summed E-state index contributed by atoms with van der Waals surface area (Å²) in [5.74, 6) is 0.506. The van der Waals surface area contributed by atoms with Crippen molar-refractivity contribution in [2.24, 2.45) is 0 Å². The second-order valence-electron chi connectivity index (χ2n) is 4.74. The van der Waals surface area contributed by atoms with Crippen molar-refractivity contribution < 1.29 is 8.83 Å². The molecule has 18 heavy (non-hydrogen) atoms. The first kappa shape index (κ1) is 10.6. The summed E-state index contributed by atoms with van der Waals surface area (Å²) >= 11 is 3.61. The van der Waals surface area contributed by atoms with E-state index in [1.54, 1.807) is 12.5 Å². The summed E-state index contributed by atoms with van der Waals surface area (Å²) in [6.45, 7) is 2.08. The molecule has 1 N–H and O–H groups in total. The summed E-state index contributed by atoms with van der Waals surface area (Å²) < 4.78 is 12.3. The lowest BCUT2D eigenvalue weighted by molar-refractivity contribution is 0.602. The lowest BCUT2D eigenvalue weighted by Crippen LogP contribution is -2.08. The quantitative estimate of drug-likeness (QED) is 0.738. The molecule has 1 saturated heterocycles. The third-order valence-corrected chi connectivity index (χ3v) is 4.56. The van der Waals surface area contributed by atoms with Gasteiger partial charge < -0.3 is 14.2 Å². The number of halogens is 1. The fourth-order valence-corrected chi connectivity index (χ4v) is 3.55. The molecule has 3 nitrogen and oxygen atoms in total. The van der Waals surface area contributed by atoms with E-state index in [1.165, 1.54) is 5.56 Å². The zero-order chi connectivity index (χ0) is 12.1. The summed E-state index contributed by atoms with van der Waals surface area (Å²) in [5.41, 5.74) is 3.20. The van der Waals surface area contributed by atoms with E-state index in [-0.39, 0.29) is 0 Å². The highest BCUT2D eigenvalue weighted by atomic mass is 79.9. The second kappa shape index (κ2) is 3.87. The van der Waals surface area contributed by atoms with E-state index in [0.29, 0.717) is 5.92 Å². The molecule has 0 aliphatic carbocycles. The van der Waals surface area contributed by atoms with Gasteiger partial charge in [-0.3, -0.25) is 0 Å². The normalized spacial score (nSPS) is 20.2. The fourth-order valence-electron chi connectivity index (χ4n) is 2.93. The van der Waals surface area contributed by atoms with Crippen molar-refractivity contribution in [2.75, 3.05) is 13.1 Å². The summed E-state index contributed by atoms with van der Waals surface area (Å²) in [7, 11) is 0. The molecule has 4 rings (SSSR count). The Morgan fingerprint density at radius 2 is 1.89 bits per heavy atom. The van der Waals surface area contributed by atoms with Gasteiger partial charge in [0, 0.05) is 28.8 Å². The third-order valence-electron chi connectivity index (χ3n) is 3.77. The lowest BCUT2D eigenvalue weighted by Gasteiger charge is -2.11. The zero-order valence-electron chi connectivity index (χ0n) is 9.70. The van der Waals surface area contributed by atoms with Crippen LogP contribution in [0.1, 0.15) is 17.9 Å². The fraction of sp³-hybridized carbons (Fsp3) is 0.286. The Bertz CT molecular complexity index is 670. The van der Waals surface area contributed by atoms with Crippen LogP contribution in [0.2, 0.25) is 0 Å². The lowest BCUT2D eigenvalue weighted by atomic mass is 9.93. The van der Waals surface area contributed by atoms with Gasteiger partial charge in [0.05, 0.1) is 17.0 Å². The van der Waals surface area contributed by atoms with Gasteiger partial charge in [0.1, 0.15) is 11.2 Å². The molecule has 1 aliphatic rings. The smallest absolute Gasteiger partial charge is 0.149 e. The zero-order valence-corrected chi connectivity index (χ0v) is 11.3. The maximum Gasteiger partial charge on any atom is 0.149 e. The van der Waals surface area contributed by atoms with Crippen LogP contribution in [0.4, 0.5) is 0 Å². The molecule has 1 atom stereocenters. The van der Waals surface area contributed by atoms with Crippen molar-refractivity contribution in [3.63, 3.8) is 0 Å². The van der Waals surface area contributed by atoms with E-state index >= 15 is 0 Å². The molecular formula is C14H12BrNO2. The Morgan fingerprint density at radius 3 is 2.67 bits per heavy atom. The monoisotopic (exact) mass is 305 g/mol. The van der Waals surface area contributed by atoms with E-state index in [2.05, 4.69) is 21.2 Å². The van der Waals surface area contributed by atoms with Gasteiger partial charge in [0.2, 0.25) is 0 Å². The summed E-state index contributed by atoms with van der Waals surface area (Å²) in [6, 6.07) is 4.03. The molecule has 92 valence electrons. The first-order valence-electron chi connectivity index (χ1n) is 6.12. The molecule has 4 heteroatoms. The van der Waals surface area contributed by atoms with Gasteiger partial charge in [0.25, 0.3) is 0 Å². The highest BCUT2D eigenvalue weighted by Gasteiger charge is 2.25. The predicted molar refractivity (Wildman–Crippen MR) is 73.9 cm³/mol. The summed E-state index contributed by atoms with van der Waals surface area (Å²) in [4.78, 5) is 0. The molecule has 0 amide bonds. The minimum Gasteiger partial charge on any atom is -0.464 e. The number of hydrogen-bond acceptors (Lipinski definition) is 3. The van der Waals surface area contributed by atoms with E-state index in [0.717, 1.165) is 45.9 Å². The van der Waals surface area contributed by atoms with E-state index in [1.807, 2.05) is 12.1 Å². The Balaban J connectivity index is 2.14. The number of furan rings is 2. The van der Waals surface area contributed by atoms with Crippen LogP contribution in [-0.2, 0) is 0 Å². The van der Waals surface area contributed by atoms with Crippen molar-refractivity contribution in [1.29, 1.82) is 0 Å². The molecule has 1 unspecified atom stereocenters. The first-order chi connectivity index (χ1) is 8.86. The van der Waals surface area contributed by atoms with Gasteiger partial charge in [0.15, 0.2) is 0 Å². The van der Waals surface area contributed by atoms with E-state index < -0.39 is 0 Å². The molecule has 0 bridgehead atoms. The molecular weight excluding hydrogens is 294 g/mol. The Morgan fingerprint density at radius 1 is 1.11 bits per heavy atom. The van der Waals surface area contributed by atoms with Gasteiger partial charge in [-0.2, -0.15) is 0 Å². The van der Waals surface area contributed by atoms with Gasteiger partial charge in [-0.25, -0.2) is 0 Å². The average molecular weight is 306 g/mol. The highest BCUT2D eigenvalue weighted by molar-refractivity contribution is 9.10. The molecule has 3 heterocycles. The van der Waals surface area contributed by atoms with Crippen LogP contribution in [-0.4, -0.2) is 13.1 Å². The van der Waals surface area contributed by atoms with Gasteiger partial charge in [-0.05, 0) is 41.0 Å². The number of nitrogens with one attached hydrogen (secondary N) is 1. The van der Waals surface area contributed by atoms with Crippen LogP contribution in [0.25, 0.3) is 21.9 Å². The first-order valence-corrected chi connectivity index (χ1v) is 6.92. The van der Waals surface area contributed by atoms with Crippen LogP contribution in [0.5, 0.6) is 0 Å². The highest BCUT2D eigenvalue weighted by Crippen LogP contribution is 2.42.